The van der Waals surface area contributed by atoms with Gasteiger partial charge in [-0.1, -0.05) is 22.0 Å². The van der Waals surface area contributed by atoms with Gasteiger partial charge in [0.05, 0.1) is 0 Å². The van der Waals surface area contributed by atoms with Gasteiger partial charge >= 0.3 is 0 Å². The Morgan fingerprint density at radius 1 is 1.47 bits per heavy atom. The van der Waals surface area contributed by atoms with Crippen molar-refractivity contribution >= 4 is 33.4 Å². The maximum Gasteiger partial charge on any atom is 0.228 e. The van der Waals surface area contributed by atoms with Crippen LogP contribution in [0.3, 0.4) is 0 Å². The van der Waals surface area contributed by atoms with Gasteiger partial charge in [-0.05, 0) is 24.6 Å². The zero-order chi connectivity index (χ0) is 12.3. The first kappa shape index (κ1) is 12.1. The summed E-state index contributed by atoms with van der Waals surface area (Å²) in [5.41, 5.74) is 0.746. The molecule has 1 saturated heterocycles. The molecule has 0 radical (unpaired) electrons. The minimum Gasteiger partial charge on any atom is -0.356 e. The number of benzene rings is 1. The fourth-order valence-corrected chi connectivity index (χ4v) is 2.22. The molecule has 2 rings (SSSR count). The lowest BCUT2D eigenvalue weighted by Crippen LogP contribution is -2.38. The minimum atomic E-state index is -0.220. The van der Waals surface area contributed by atoms with Gasteiger partial charge in [-0.3, -0.25) is 9.59 Å². The number of hydrogen-bond donors (Lipinski definition) is 2. The Bertz CT molecular complexity index is 448. The van der Waals surface area contributed by atoms with E-state index in [4.69, 9.17) is 0 Å². The lowest BCUT2D eigenvalue weighted by atomic mass is 9.96. The lowest BCUT2D eigenvalue weighted by molar-refractivity contribution is -0.129. The van der Waals surface area contributed by atoms with Crippen LogP contribution in [0.1, 0.15) is 12.8 Å². The lowest BCUT2D eigenvalue weighted by Gasteiger charge is -2.21. The van der Waals surface area contributed by atoms with Crippen LogP contribution < -0.4 is 10.6 Å². The highest BCUT2D eigenvalue weighted by Gasteiger charge is 2.25. The second kappa shape index (κ2) is 5.31. The van der Waals surface area contributed by atoms with Gasteiger partial charge in [-0.2, -0.15) is 0 Å². The molecule has 0 bridgehead atoms. The molecule has 0 aliphatic carbocycles. The molecule has 1 atom stereocenters. The Labute approximate surface area is 108 Å². The Balaban J connectivity index is 1.99. The van der Waals surface area contributed by atoms with Gasteiger partial charge in [-0.25, -0.2) is 0 Å². The molecular formula is C12H13BrN2O2. The van der Waals surface area contributed by atoms with Crippen LogP contribution in [0.15, 0.2) is 28.7 Å². The second-order valence-corrected chi connectivity index (χ2v) is 4.95. The van der Waals surface area contributed by atoms with Gasteiger partial charge in [0, 0.05) is 29.0 Å². The Kier molecular flexibility index (Phi) is 3.78. The van der Waals surface area contributed by atoms with Crippen molar-refractivity contribution in [2.75, 3.05) is 11.9 Å². The Morgan fingerprint density at radius 3 is 3.00 bits per heavy atom. The molecule has 1 fully saturated rings. The molecule has 2 amide bonds. The number of nitrogens with one attached hydrogen (secondary N) is 2. The van der Waals surface area contributed by atoms with E-state index in [1.54, 1.807) is 0 Å². The number of rotatable bonds is 2. The zero-order valence-corrected chi connectivity index (χ0v) is 10.8. The summed E-state index contributed by atoms with van der Waals surface area (Å²) in [5.74, 6) is -0.355. The molecular weight excluding hydrogens is 284 g/mol. The molecule has 1 aliphatic heterocycles. The van der Waals surface area contributed by atoms with E-state index in [1.165, 1.54) is 0 Å². The largest absolute Gasteiger partial charge is 0.356 e. The van der Waals surface area contributed by atoms with Crippen molar-refractivity contribution in [3.05, 3.63) is 28.7 Å². The molecule has 1 aromatic rings. The topological polar surface area (TPSA) is 58.2 Å². The van der Waals surface area contributed by atoms with Gasteiger partial charge in [0.15, 0.2) is 0 Å². The van der Waals surface area contributed by atoms with Crippen LogP contribution in [-0.4, -0.2) is 18.4 Å². The highest BCUT2D eigenvalue weighted by molar-refractivity contribution is 9.10. The maximum atomic E-state index is 11.9. The predicted molar refractivity (Wildman–Crippen MR) is 68.5 cm³/mol. The number of carbonyl (C=O) groups excluding carboxylic acids is 2. The van der Waals surface area contributed by atoms with E-state index in [-0.39, 0.29) is 24.2 Å². The van der Waals surface area contributed by atoms with Crippen molar-refractivity contribution in [3.8, 4) is 0 Å². The van der Waals surface area contributed by atoms with E-state index in [2.05, 4.69) is 26.6 Å². The van der Waals surface area contributed by atoms with E-state index in [1.807, 2.05) is 24.3 Å². The Morgan fingerprint density at radius 2 is 2.29 bits per heavy atom. The molecule has 5 heteroatoms. The highest BCUT2D eigenvalue weighted by atomic mass is 79.9. The average molecular weight is 297 g/mol. The van der Waals surface area contributed by atoms with Gasteiger partial charge in [0.1, 0.15) is 0 Å². The van der Waals surface area contributed by atoms with Crippen LogP contribution in [0, 0.1) is 5.92 Å². The van der Waals surface area contributed by atoms with Crippen LogP contribution in [0.25, 0.3) is 0 Å². The second-order valence-electron chi connectivity index (χ2n) is 4.04. The van der Waals surface area contributed by atoms with Gasteiger partial charge in [-0.15, -0.1) is 0 Å². The highest BCUT2D eigenvalue weighted by Crippen LogP contribution is 2.19. The van der Waals surface area contributed by atoms with Crippen LogP contribution in [0.2, 0.25) is 0 Å². The zero-order valence-electron chi connectivity index (χ0n) is 9.20. The predicted octanol–water partition coefficient (Wildman–Crippen LogP) is 1.91. The smallest absolute Gasteiger partial charge is 0.228 e. The molecule has 17 heavy (non-hydrogen) atoms. The van der Waals surface area contributed by atoms with Crippen molar-refractivity contribution in [2.45, 2.75) is 12.8 Å². The number of halogens is 1. The molecule has 1 unspecified atom stereocenters. The van der Waals surface area contributed by atoms with Crippen molar-refractivity contribution < 1.29 is 9.59 Å². The number of hydrogen-bond acceptors (Lipinski definition) is 2. The summed E-state index contributed by atoms with van der Waals surface area (Å²) in [6.45, 7) is 0.579. The van der Waals surface area contributed by atoms with E-state index >= 15 is 0 Å². The summed E-state index contributed by atoms with van der Waals surface area (Å²) < 4.78 is 0.914. The first-order valence-corrected chi connectivity index (χ1v) is 6.27. The molecule has 4 nitrogen and oxygen atoms in total. The third-order valence-corrected chi connectivity index (χ3v) is 3.20. The van der Waals surface area contributed by atoms with Crippen LogP contribution in [0.4, 0.5) is 5.69 Å². The molecule has 1 heterocycles. The summed E-state index contributed by atoms with van der Waals surface area (Å²) >= 11 is 3.34. The summed E-state index contributed by atoms with van der Waals surface area (Å²) in [6, 6.07) is 7.41. The van der Waals surface area contributed by atoms with Crippen LogP contribution in [0.5, 0.6) is 0 Å². The first-order valence-electron chi connectivity index (χ1n) is 5.48. The molecule has 90 valence electrons. The monoisotopic (exact) mass is 296 g/mol. The molecule has 1 aliphatic rings. The SMILES string of the molecule is O=C1CC(C(=O)Nc2cccc(Br)c2)CCN1. The van der Waals surface area contributed by atoms with Gasteiger partial charge in [0.2, 0.25) is 11.8 Å². The third kappa shape index (κ3) is 3.30. The summed E-state index contributed by atoms with van der Waals surface area (Å²) in [7, 11) is 0. The molecule has 0 saturated carbocycles. The first-order chi connectivity index (χ1) is 8.15. The standard InChI is InChI=1S/C12H13BrN2O2/c13-9-2-1-3-10(7-9)15-12(17)8-4-5-14-11(16)6-8/h1-3,7-8H,4-6H2,(H,14,16)(H,15,17). The van der Waals surface area contributed by atoms with Crippen molar-refractivity contribution in [1.82, 2.24) is 5.32 Å². The number of piperidine rings is 1. The van der Waals surface area contributed by atoms with Gasteiger partial charge < -0.3 is 10.6 Å². The third-order valence-electron chi connectivity index (χ3n) is 2.71. The maximum absolute atomic E-state index is 11.9. The van der Waals surface area contributed by atoms with Crippen molar-refractivity contribution in [2.24, 2.45) is 5.92 Å². The summed E-state index contributed by atoms with van der Waals surface area (Å²) in [6.07, 6.45) is 0.978. The minimum absolute atomic E-state index is 0.0503. The van der Waals surface area contributed by atoms with E-state index in [0.717, 1.165) is 10.2 Å². The normalized spacial score (nSPS) is 19.6. The average Bonchev–Trinajstić information content (AvgIpc) is 2.29. The molecule has 0 spiro atoms. The van der Waals surface area contributed by atoms with E-state index in [9.17, 15) is 9.59 Å². The fourth-order valence-electron chi connectivity index (χ4n) is 1.82. The summed E-state index contributed by atoms with van der Waals surface area (Å²) in [4.78, 5) is 23.1. The van der Waals surface area contributed by atoms with Crippen LogP contribution in [-0.2, 0) is 9.59 Å². The summed E-state index contributed by atoms with van der Waals surface area (Å²) in [5, 5.41) is 5.54. The van der Waals surface area contributed by atoms with Gasteiger partial charge in [0.25, 0.3) is 0 Å². The molecule has 1 aromatic carbocycles. The molecule has 2 N–H and O–H groups in total. The van der Waals surface area contributed by atoms with Crippen LogP contribution >= 0.6 is 15.9 Å². The quantitative estimate of drug-likeness (QED) is 0.876. The molecule has 0 aromatic heterocycles. The van der Waals surface area contributed by atoms with Crippen molar-refractivity contribution in [3.63, 3.8) is 0 Å². The fraction of sp³-hybridized carbons (Fsp3) is 0.333. The van der Waals surface area contributed by atoms with E-state index in [0.29, 0.717) is 13.0 Å². The number of amides is 2. The number of carbonyl (C=O) groups is 2. The number of anilines is 1. The Hall–Kier alpha value is -1.36. The van der Waals surface area contributed by atoms with E-state index < -0.39 is 0 Å². The van der Waals surface area contributed by atoms with Crippen molar-refractivity contribution in [1.29, 1.82) is 0 Å².